The molecule has 3 aromatic carbocycles. The number of halogens is 1. The Morgan fingerprint density at radius 1 is 0.806 bits per heavy atom. The Kier molecular flexibility index (Phi) is 4.59. The van der Waals surface area contributed by atoms with Crippen molar-refractivity contribution in [3.63, 3.8) is 0 Å². The molecule has 0 bridgehead atoms. The van der Waals surface area contributed by atoms with Gasteiger partial charge in [0.25, 0.3) is 5.91 Å². The average molecular weight is 416 g/mol. The number of anilines is 2. The second-order valence-electron chi connectivity index (χ2n) is 7.99. The molecule has 3 atom stereocenters. The summed E-state index contributed by atoms with van der Waals surface area (Å²) in [4.78, 5) is 34.1. The van der Waals surface area contributed by atoms with Crippen LogP contribution in [-0.2, 0) is 14.4 Å². The number of para-hydroxylation sites is 1. The molecule has 2 fully saturated rings. The van der Waals surface area contributed by atoms with Crippen LogP contribution in [0.25, 0.3) is 0 Å². The molecule has 2 aliphatic rings. The van der Waals surface area contributed by atoms with Crippen molar-refractivity contribution in [3.8, 4) is 0 Å². The number of hydrogen-bond donors (Lipinski definition) is 0. The van der Waals surface area contributed by atoms with Crippen LogP contribution in [0.5, 0.6) is 0 Å². The third kappa shape index (κ3) is 3.11. The Morgan fingerprint density at radius 3 is 2.19 bits per heavy atom. The van der Waals surface area contributed by atoms with E-state index in [2.05, 4.69) is 0 Å². The summed E-state index contributed by atoms with van der Waals surface area (Å²) in [6, 6.07) is 20.3. The van der Waals surface area contributed by atoms with Crippen LogP contribution in [0.4, 0.5) is 15.8 Å². The lowest BCUT2D eigenvalue weighted by molar-refractivity contribution is -0.126. The van der Waals surface area contributed by atoms with E-state index in [0.717, 1.165) is 16.8 Å². The third-order valence-corrected chi connectivity index (χ3v) is 6.09. The van der Waals surface area contributed by atoms with E-state index >= 15 is 0 Å². The maximum atomic E-state index is 13.6. The van der Waals surface area contributed by atoms with Gasteiger partial charge in [-0.15, -0.1) is 0 Å². The van der Waals surface area contributed by atoms with Gasteiger partial charge in [0.15, 0.2) is 6.10 Å². The van der Waals surface area contributed by atoms with Crippen LogP contribution >= 0.6 is 0 Å². The maximum absolute atomic E-state index is 13.6. The number of nitrogens with zero attached hydrogens (tertiary/aromatic N) is 2. The van der Waals surface area contributed by atoms with Crippen molar-refractivity contribution in [1.29, 1.82) is 0 Å². The van der Waals surface area contributed by atoms with E-state index in [9.17, 15) is 14.0 Å². The first-order valence-electron chi connectivity index (χ1n) is 10.2. The lowest BCUT2D eigenvalue weighted by atomic mass is 9.90. The molecule has 3 unspecified atom stereocenters. The Bertz CT molecular complexity index is 1160. The van der Waals surface area contributed by atoms with Crippen molar-refractivity contribution >= 4 is 23.2 Å². The summed E-state index contributed by atoms with van der Waals surface area (Å²) >= 11 is 0. The fraction of sp³-hybridized carbons (Fsp3) is 0.200. The minimum absolute atomic E-state index is 0.314. The number of imide groups is 1. The molecule has 2 saturated heterocycles. The molecule has 2 aliphatic heterocycles. The quantitative estimate of drug-likeness (QED) is 0.590. The van der Waals surface area contributed by atoms with Crippen molar-refractivity contribution in [1.82, 2.24) is 0 Å². The first-order valence-corrected chi connectivity index (χ1v) is 10.2. The van der Waals surface area contributed by atoms with Gasteiger partial charge in [-0.3, -0.25) is 14.4 Å². The molecule has 2 heterocycles. The first kappa shape index (κ1) is 19.5. The van der Waals surface area contributed by atoms with Gasteiger partial charge in [-0.05, 0) is 66.9 Å². The van der Waals surface area contributed by atoms with Gasteiger partial charge in [-0.1, -0.05) is 36.4 Å². The van der Waals surface area contributed by atoms with Crippen LogP contribution in [0.1, 0.15) is 22.7 Å². The summed E-state index contributed by atoms with van der Waals surface area (Å²) in [6.45, 7) is 3.92. The number of amides is 2. The van der Waals surface area contributed by atoms with Crippen molar-refractivity contribution < 1.29 is 18.8 Å². The van der Waals surface area contributed by atoms with Gasteiger partial charge >= 0.3 is 0 Å². The minimum Gasteiger partial charge on any atom is -0.273 e. The SMILES string of the molecule is Cc1ccc(N2C(=O)C3ON(c4ccccc4)C(c4ccc(F)cc4)C3C2=O)cc1C. The normalized spacial score (nSPS) is 22.9. The minimum atomic E-state index is -0.940. The van der Waals surface area contributed by atoms with Crippen molar-refractivity contribution in [2.75, 3.05) is 9.96 Å². The van der Waals surface area contributed by atoms with E-state index in [4.69, 9.17) is 4.84 Å². The lowest BCUT2D eigenvalue weighted by Crippen LogP contribution is -2.37. The van der Waals surface area contributed by atoms with Crippen LogP contribution in [0, 0.1) is 25.6 Å². The standard InChI is InChI=1S/C25H21FN2O3/c1-15-8-13-20(14-16(15)2)27-24(29)21-22(17-9-11-18(26)12-10-17)28(31-23(21)25(27)30)19-6-4-3-5-7-19/h3-14,21-23H,1-2H3. The zero-order chi connectivity index (χ0) is 21.7. The molecule has 0 saturated carbocycles. The first-order chi connectivity index (χ1) is 15.0. The van der Waals surface area contributed by atoms with Gasteiger partial charge < -0.3 is 0 Å². The van der Waals surface area contributed by atoms with Crippen LogP contribution < -0.4 is 9.96 Å². The number of fused-ring (bicyclic) bond motifs is 1. The summed E-state index contributed by atoms with van der Waals surface area (Å²) in [6.07, 6.45) is -0.940. The highest BCUT2D eigenvalue weighted by Crippen LogP contribution is 2.47. The fourth-order valence-electron chi connectivity index (χ4n) is 4.33. The van der Waals surface area contributed by atoms with Crippen molar-refractivity contribution in [2.24, 2.45) is 5.92 Å². The van der Waals surface area contributed by atoms with Crippen LogP contribution in [0.2, 0.25) is 0 Å². The van der Waals surface area contributed by atoms with Crippen molar-refractivity contribution in [2.45, 2.75) is 26.0 Å². The van der Waals surface area contributed by atoms with E-state index in [-0.39, 0.29) is 17.6 Å². The summed E-state index contributed by atoms with van der Waals surface area (Å²) < 4.78 is 13.6. The van der Waals surface area contributed by atoms with E-state index in [1.54, 1.807) is 23.3 Å². The highest BCUT2D eigenvalue weighted by molar-refractivity contribution is 6.24. The Balaban J connectivity index is 1.58. The van der Waals surface area contributed by atoms with Gasteiger partial charge in [0.2, 0.25) is 5.91 Å². The summed E-state index contributed by atoms with van der Waals surface area (Å²) in [5, 5.41) is 1.61. The van der Waals surface area contributed by atoms with E-state index in [1.165, 1.54) is 17.0 Å². The van der Waals surface area contributed by atoms with Crippen LogP contribution in [-0.4, -0.2) is 17.9 Å². The number of rotatable bonds is 3. The maximum Gasteiger partial charge on any atom is 0.266 e. The predicted molar refractivity (Wildman–Crippen MR) is 115 cm³/mol. The zero-order valence-corrected chi connectivity index (χ0v) is 17.2. The molecule has 5 rings (SSSR count). The molecule has 5 nitrogen and oxygen atoms in total. The Labute approximate surface area is 179 Å². The second kappa shape index (κ2) is 7.32. The molecule has 6 heteroatoms. The molecular formula is C25H21FN2O3. The number of hydrogen-bond acceptors (Lipinski definition) is 4. The van der Waals surface area contributed by atoms with Gasteiger partial charge in [0.1, 0.15) is 11.7 Å². The molecule has 3 aromatic rings. The fourth-order valence-corrected chi connectivity index (χ4v) is 4.33. The lowest BCUT2D eigenvalue weighted by Gasteiger charge is -2.28. The molecule has 0 radical (unpaired) electrons. The number of aryl methyl sites for hydroxylation is 2. The predicted octanol–water partition coefficient (Wildman–Crippen LogP) is 4.49. The van der Waals surface area contributed by atoms with E-state index in [1.807, 2.05) is 56.3 Å². The molecule has 2 amide bonds. The molecular weight excluding hydrogens is 395 g/mol. The average Bonchev–Trinajstić information content (AvgIpc) is 3.28. The molecule has 0 aromatic heterocycles. The van der Waals surface area contributed by atoms with Crippen LogP contribution in [0.3, 0.4) is 0 Å². The van der Waals surface area contributed by atoms with Crippen LogP contribution in [0.15, 0.2) is 72.8 Å². The number of benzene rings is 3. The largest absolute Gasteiger partial charge is 0.273 e. The molecule has 31 heavy (non-hydrogen) atoms. The topological polar surface area (TPSA) is 49.9 Å². The smallest absolute Gasteiger partial charge is 0.266 e. The van der Waals surface area contributed by atoms with Gasteiger partial charge in [-0.25, -0.2) is 14.4 Å². The van der Waals surface area contributed by atoms with Gasteiger partial charge in [0, 0.05) is 0 Å². The molecule has 156 valence electrons. The molecule has 0 N–H and O–H groups in total. The summed E-state index contributed by atoms with van der Waals surface area (Å²) in [7, 11) is 0. The van der Waals surface area contributed by atoms with Crippen molar-refractivity contribution in [3.05, 3.63) is 95.3 Å². The number of hydroxylamine groups is 1. The third-order valence-electron chi connectivity index (χ3n) is 6.09. The summed E-state index contributed by atoms with van der Waals surface area (Å²) in [5.74, 6) is -1.80. The highest BCUT2D eigenvalue weighted by atomic mass is 19.1. The highest BCUT2D eigenvalue weighted by Gasteiger charge is 2.60. The van der Waals surface area contributed by atoms with E-state index < -0.39 is 18.1 Å². The number of carbonyl (C=O) groups is 2. The monoisotopic (exact) mass is 416 g/mol. The zero-order valence-electron chi connectivity index (χ0n) is 17.2. The Morgan fingerprint density at radius 2 is 1.52 bits per heavy atom. The molecule has 0 aliphatic carbocycles. The molecule has 0 spiro atoms. The summed E-state index contributed by atoms with van der Waals surface area (Å²) in [5.41, 5.74) is 4.06. The van der Waals surface area contributed by atoms with Gasteiger partial charge in [0.05, 0.1) is 17.4 Å². The number of carbonyl (C=O) groups excluding carboxylic acids is 2. The van der Waals surface area contributed by atoms with Gasteiger partial charge in [-0.2, -0.15) is 0 Å². The Hall–Kier alpha value is -3.51. The van der Waals surface area contributed by atoms with E-state index in [0.29, 0.717) is 11.3 Å². The second-order valence-corrected chi connectivity index (χ2v) is 7.99.